The Morgan fingerprint density at radius 3 is 2.27 bits per heavy atom. The van der Waals surface area contributed by atoms with E-state index in [-0.39, 0.29) is 13.0 Å². The summed E-state index contributed by atoms with van der Waals surface area (Å²) in [5.41, 5.74) is -0.235. The smallest absolute Gasteiger partial charge is 0.308 e. The molecule has 1 aliphatic carbocycles. The minimum absolute atomic E-state index is 0.121. The summed E-state index contributed by atoms with van der Waals surface area (Å²) < 4.78 is 5.23. The van der Waals surface area contributed by atoms with Gasteiger partial charge in [-0.1, -0.05) is 31.4 Å². The predicted octanol–water partition coefficient (Wildman–Crippen LogP) is 2.29. The number of imide groups is 1. The second-order valence-corrected chi connectivity index (χ2v) is 7.79. The number of nitriles is 1. The average Bonchev–Trinajstić information content (AvgIpc) is 3.01. The zero-order chi connectivity index (χ0) is 21.9. The molecular formula is C22H25N3O5. The van der Waals surface area contributed by atoms with Crippen LogP contribution in [0.4, 0.5) is 0 Å². The van der Waals surface area contributed by atoms with Gasteiger partial charge in [-0.3, -0.25) is 24.1 Å². The molecule has 1 heterocycles. The number of carbonyl (C=O) groups excluding carboxylic acids is 4. The Hall–Kier alpha value is -3.21. The summed E-state index contributed by atoms with van der Waals surface area (Å²) in [4.78, 5) is 52.1. The Labute approximate surface area is 175 Å². The van der Waals surface area contributed by atoms with Crippen LogP contribution in [0.2, 0.25) is 0 Å². The van der Waals surface area contributed by atoms with Crippen LogP contribution < -0.4 is 0 Å². The molecule has 0 radical (unpaired) electrons. The van der Waals surface area contributed by atoms with Gasteiger partial charge >= 0.3 is 5.97 Å². The first kappa shape index (κ1) is 21.5. The van der Waals surface area contributed by atoms with Crippen molar-refractivity contribution in [2.24, 2.45) is 0 Å². The zero-order valence-corrected chi connectivity index (χ0v) is 17.2. The largest absolute Gasteiger partial charge is 0.452 e. The lowest BCUT2D eigenvalue weighted by Gasteiger charge is -2.39. The van der Waals surface area contributed by atoms with Gasteiger partial charge in [-0.05, 0) is 31.9 Å². The number of nitrogens with zero attached hydrogens (tertiary/aromatic N) is 3. The molecule has 0 unspecified atom stereocenters. The highest BCUT2D eigenvalue weighted by Crippen LogP contribution is 2.33. The molecule has 1 aliphatic heterocycles. The Balaban J connectivity index is 1.55. The maximum absolute atomic E-state index is 12.7. The van der Waals surface area contributed by atoms with Gasteiger partial charge in [0.2, 0.25) is 0 Å². The molecule has 2 aliphatic rings. The topological polar surface area (TPSA) is 108 Å². The highest BCUT2D eigenvalue weighted by atomic mass is 16.5. The normalized spacial score (nSPS) is 18.4. The minimum atomic E-state index is -1.06. The highest BCUT2D eigenvalue weighted by molar-refractivity contribution is 6.21. The van der Waals surface area contributed by atoms with Crippen LogP contribution >= 0.6 is 0 Å². The molecule has 1 atom stereocenters. The summed E-state index contributed by atoms with van der Waals surface area (Å²) in [6.07, 6.45) is 2.72. The van der Waals surface area contributed by atoms with Crippen LogP contribution in [0.25, 0.3) is 0 Å². The van der Waals surface area contributed by atoms with E-state index in [1.54, 1.807) is 31.3 Å². The number of amides is 3. The number of rotatable bonds is 6. The molecule has 1 aromatic rings. The molecule has 3 rings (SSSR count). The van der Waals surface area contributed by atoms with Crippen LogP contribution in [-0.2, 0) is 14.3 Å². The predicted molar refractivity (Wildman–Crippen MR) is 106 cm³/mol. The van der Waals surface area contributed by atoms with Crippen LogP contribution in [0.15, 0.2) is 24.3 Å². The molecule has 158 valence electrons. The Morgan fingerprint density at radius 1 is 1.17 bits per heavy atom. The van der Waals surface area contributed by atoms with E-state index in [0.717, 1.165) is 24.2 Å². The molecular weight excluding hydrogens is 386 g/mol. The summed E-state index contributed by atoms with van der Waals surface area (Å²) in [5, 5.41) is 9.63. The Morgan fingerprint density at radius 2 is 1.73 bits per heavy atom. The third-order valence-electron chi connectivity index (χ3n) is 5.94. The summed E-state index contributed by atoms with van der Waals surface area (Å²) in [7, 11) is 1.57. The molecule has 0 bridgehead atoms. The second-order valence-electron chi connectivity index (χ2n) is 7.79. The van der Waals surface area contributed by atoms with Crippen LogP contribution in [-0.4, -0.2) is 58.7 Å². The number of fused-ring (bicyclic) bond motifs is 1. The molecule has 8 heteroatoms. The molecule has 3 amide bonds. The zero-order valence-electron chi connectivity index (χ0n) is 17.2. The van der Waals surface area contributed by atoms with Crippen molar-refractivity contribution in [3.63, 3.8) is 0 Å². The first-order chi connectivity index (χ1) is 14.3. The fraction of sp³-hybridized carbons (Fsp3) is 0.500. The van der Waals surface area contributed by atoms with Gasteiger partial charge in [0.1, 0.15) is 5.54 Å². The van der Waals surface area contributed by atoms with Gasteiger partial charge < -0.3 is 9.64 Å². The van der Waals surface area contributed by atoms with E-state index in [0.29, 0.717) is 24.0 Å². The number of likely N-dealkylation sites (N-methyl/N-ethyl adjacent to an activating group) is 1. The van der Waals surface area contributed by atoms with Crippen LogP contribution in [0, 0.1) is 11.3 Å². The van der Waals surface area contributed by atoms with E-state index in [1.807, 2.05) is 0 Å². The fourth-order valence-electron chi connectivity index (χ4n) is 4.09. The number of hydrogen-bond donors (Lipinski definition) is 0. The standard InChI is InChI=1S/C22H25N3O5/c1-15(19(27)24(2)22(14-23)11-6-3-7-12-22)30-18(26)10-13-25-20(28)16-8-4-5-9-17(16)21(25)29/h4-5,8-9,15H,3,6-7,10-13H2,1-2H3/t15-/m0/s1. The third-order valence-corrected chi connectivity index (χ3v) is 5.94. The van der Waals surface area contributed by atoms with Crippen molar-refractivity contribution in [1.29, 1.82) is 5.26 Å². The number of hydrogen-bond acceptors (Lipinski definition) is 6. The number of esters is 1. The summed E-state index contributed by atoms with van der Waals surface area (Å²) in [5.74, 6) is -2.01. The molecule has 1 aromatic carbocycles. The summed E-state index contributed by atoms with van der Waals surface area (Å²) >= 11 is 0. The van der Waals surface area contributed by atoms with Crippen molar-refractivity contribution < 1.29 is 23.9 Å². The molecule has 1 saturated carbocycles. The lowest BCUT2D eigenvalue weighted by molar-refractivity contribution is -0.161. The maximum Gasteiger partial charge on any atom is 0.308 e. The van der Waals surface area contributed by atoms with E-state index in [2.05, 4.69) is 6.07 Å². The average molecular weight is 411 g/mol. The second kappa shape index (κ2) is 8.66. The summed E-state index contributed by atoms with van der Waals surface area (Å²) in [6.45, 7) is 1.34. The van der Waals surface area contributed by atoms with Crippen LogP contribution in [0.3, 0.4) is 0 Å². The van der Waals surface area contributed by atoms with Crippen LogP contribution in [0.5, 0.6) is 0 Å². The number of carbonyl (C=O) groups is 4. The van der Waals surface area contributed by atoms with E-state index in [4.69, 9.17) is 4.74 Å². The van der Waals surface area contributed by atoms with Crippen LogP contribution in [0.1, 0.15) is 66.2 Å². The van der Waals surface area contributed by atoms with Crippen molar-refractivity contribution in [1.82, 2.24) is 9.80 Å². The van der Waals surface area contributed by atoms with Gasteiger partial charge in [-0.2, -0.15) is 5.26 Å². The van der Waals surface area contributed by atoms with Crippen molar-refractivity contribution in [3.8, 4) is 6.07 Å². The third kappa shape index (κ3) is 3.92. The quantitative estimate of drug-likeness (QED) is 0.525. The van der Waals surface area contributed by atoms with E-state index >= 15 is 0 Å². The monoisotopic (exact) mass is 411 g/mol. The SMILES string of the molecule is C[C@H](OC(=O)CCN1C(=O)c2ccccc2C1=O)C(=O)N(C)C1(C#N)CCCCC1. The van der Waals surface area contributed by atoms with Gasteiger partial charge in [-0.15, -0.1) is 0 Å². The van der Waals surface area contributed by atoms with E-state index < -0.39 is 35.3 Å². The van der Waals surface area contributed by atoms with Gasteiger partial charge in [0, 0.05) is 13.6 Å². The summed E-state index contributed by atoms with van der Waals surface area (Å²) in [6, 6.07) is 8.76. The minimum Gasteiger partial charge on any atom is -0.452 e. The molecule has 0 aromatic heterocycles. The number of benzene rings is 1. The van der Waals surface area contributed by atoms with Gasteiger partial charge in [0.05, 0.1) is 23.6 Å². The van der Waals surface area contributed by atoms with Gasteiger partial charge in [0.25, 0.3) is 17.7 Å². The maximum atomic E-state index is 12.7. The lowest BCUT2D eigenvalue weighted by atomic mass is 9.81. The highest BCUT2D eigenvalue weighted by Gasteiger charge is 2.41. The number of ether oxygens (including phenoxy) is 1. The first-order valence-electron chi connectivity index (χ1n) is 10.1. The molecule has 0 saturated heterocycles. The van der Waals surface area contributed by atoms with E-state index in [9.17, 15) is 24.4 Å². The van der Waals surface area contributed by atoms with Crippen molar-refractivity contribution >= 4 is 23.7 Å². The van der Waals surface area contributed by atoms with Gasteiger partial charge in [0.15, 0.2) is 6.10 Å². The Bertz CT molecular complexity index is 879. The van der Waals surface area contributed by atoms with Crippen molar-refractivity contribution in [2.75, 3.05) is 13.6 Å². The van der Waals surface area contributed by atoms with Crippen molar-refractivity contribution in [2.45, 2.75) is 57.1 Å². The molecule has 30 heavy (non-hydrogen) atoms. The molecule has 0 spiro atoms. The van der Waals surface area contributed by atoms with E-state index in [1.165, 1.54) is 11.8 Å². The molecule has 1 fully saturated rings. The molecule has 0 N–H and O–H groups in total. The van der Waals surface area contributed by atoms with Gasteiger partial charge in [-0.25, -0.2) is 0 Å². The Kier molecular flexibility index (Phi) is 6.20. The lowest BCUT2D eigenvalue weighted by Crippen LogP contribution is -2.53. The van der Waals surface area contributed by atoms with Crippen molar-refractivity contribution in [3.05, 3.63) is 35.4 Å². The molecule has 8 nitrogen and oxygen atoms in total. The fourth-order valence-corrected chi connectivity index (χ4v) is 4.09. The first-order valence-corrected chi connectivity index (χ1v) is 10.1.